The normalized spacial score (nSPS) is 17.6. The Morgan fingerprint density at radius 2 is 2.06 bits per heavy atom. The average molecular weight is 499 g/mol. The van der Waals surface area contributed by atoms with Crippen LogP contribution in [0.5, 0.6) is 0 Å². The molecule has 1 amide bonds. The average Bonchev–Trinajstić information content (AvgIpc) is 3.45. The number of ether oxygens (including phenoxy) is 1. The van der Waals surface area contributed by atoms with Crippen LogP contribution in [0.25, 0.3) is 6.08 Å². The monoisotopic (exact) mass is 498 g/mol. The summed E-state index contributed by atoms with van der Waals surface area (Å²) in [7, 11) is 0. The number of anilines is 1. The molecule has 0 radical (unpaired) electrons. The van der Waals surface area contributed by atoms with Gasteiger partial charge in [-0.2, -0.15) is 5.26 Å². The molecule has 0 aliphatic carbocycles. The van der Waals surface area contributed by atoms with E-state index in [1.807, 2.05) is 0 Å². The van der Waals surface area contributed by atoms with Crippen molar-refractivity contribution in [2.24, 2.45) is 0 Å². The Bertz CT molecular complexity index is 1220. The smallest absolute Gasteiger partial charge is 0.270 e. The molecule has 0 spiro atoms. The molecule has 10 heteroatoms. The number of furan rings is 1. The van der Waals surface area contributed by atoms with Gasteiger partial charge in [-0.3, -0.25) is 19.1 Å². The third-order valence-corrected chi connectivity index (χ3v) is 7.31. The van der Waals surface area contributed by atoms with Crippen LogP contribution in [0.2, 0.25) is 0 Å². The number of morpholine rings is 1. The van der Waals surface area contributed by atoms with E-state index >= 15 is 0 Å². The maximum Gasteiger partial charge on any atom is 0.270 e. The number of carbonyl (C=O) groups is 1. The fourth-order valence-electron chi connectivity index (χ4n) is 4.11. The van der Waals surface area contributed by atoms with Crippen LogP contribution >= 0.6 is 24.0 Å². The zero-order valence-electron chi connectivity index (χ0n) is 19.2. The summed E-state index contributed by atoms with van der Waals surface area (Å²) in [5.41, 5.74) is 1.08. The molecule has 0 N–H and O–H groups in total. The van der Waals surface area contributed by atoms with Gasteiger partial charge in [0.15, 0.2) is 0 Å². The van der Waals surface area contributed by atoms with Crippen molar-refractivity contribution in [1.82, 2.24) is 9.47 Å². The second-order valence-corrected chi connectivity index (χ2v) is 9.78. The molecule has 0 bridgehead atoms. The van der Waals surface area contributed by atoms with Crippen molar-refractivity contribution in [2.75, 3.05) is 31.2 Å². The topological polar surface area (TPSA) is 91.7 Å². The molecule has 2 aromatic heterocycles. The third-order valence-electron chi connectivity index (χ3n) is 5.94. The van der Waals surface area contributed by atoms with Crippen molar-refractivity contribution >= 4 is 46.1 Å². The highest BCUT2D eigenvalue weighted by Gasteiger charge is 2.34. The highest BCUT2D eigenvalue weighted by Crippen LogP contribution is 2.36. The lowest BCUT2D eigenvalue weighted by molar-refractivity contribution is -0.122. The van der Waals surface area contributed by atoms with E-state index in [9.17, 15) is 14.9 Å². The minimum Gasteiger partial charge on any atom is -0.467 e. The molecule has 0 atom stereocenters. The van der Waals surface area contributed by atoms with E-state index in [-0.39, 0.29) is 23.6 Å². The van der Waals surface area contributed by atoms with Gasteiger partial charge in [-0.1, -0.05) is 37.3 Å². The number of carbonyl (C=O) groups excluding carboxylic acids is 1. The number of amides is 1. The third kappa shape index (κ3) is 4.69. The molecular formula is C24H26N4O4S2. The summed E-state index contributed by atoms with van der Waals surface area (Å²) in [6.45, 7) is 6.92. The van der Waals surface area contributed by atoms with Crippen molar-refractivity contribution in [3.05, 3.63) is 56.1 Å². The summed E-state index contributed by atoms with van der Waals surface area (Å²) in [5.74, 6) is 1.15. The van der Waals surface area contributed by atoms with Crippen LogP contribution < -0.4 is 10.5 Å². The maximum atomic E-state index is 13.3. The number of pyridine rings is 1. The van der Waals surface area contributed by atoms with Crippen molar-refractivity contribution in [2.45, 2.75) is 39.8 Å². The zero-order valence-corrected chi connectivity index (χ0v) is 20.8. The molecule has 0 aromatic carbocycles. The molecule has 34 heavy (non-hydrogen) atoms. The van der Waals surface area contributed by atoms with Gasteiger partial charge in [0.05, 0.1) is 30.9 Å². The molecule has 2 fully saturated rings. The first-order chi connectivity index (χ1) is 16.5. The predicted molar refractivity (Wildman–Crippen MR) is 136 cm³/mol. The molecule has 4 rings (SSSR count). The van der Waals surface area contributed by atoms with Crippen LogP contribution in [0.15, 0.2) is 32.5 Å². The van der Waals surface area contributed by atoms with Crippen molar-refractivity contribution in [3.8, 4) is 6.07 Å². The molecule has 2 saturated heterocycles. The lowest BCUT2D eigenvalue weighted by Gasteiger charge is -2.33. The van der Waals surface area contributed by atoms with E-state index in [0.717, 1.165) is 18.7 Å². The second kappa shape index (κ2) is 10.6. The Balaban J connectivity index is 1.83. The van der Waals surface area contributed by atoms with E-state index in [4.69, 9.17) is 21.4 Å². The summed E-state index contributed by atoms with van der Waals surface area (Å²) in [5, 5.41) is 9.79. The van der Waals surface area contributed by atoms with E-state index in [0.29, 0.717) is 59.0 Å². The van der Waals surface area contributed by atoms with Crippen molar-refractivity contribution in [3.63, 3.8) is 0 Å². The second-order valence-electron chi connectivity index (χ2n) is 8.11. The molecule has 2 aliphatic heterocycles. The summed E-state index contributed by atoms with van der Waals surface area (Å²) >= 11 is 6.70. The van der Waals surface area contributed by atoms with E-state index in [1.54, 1.807) is 36.0 Å². The number of nitriles is 1. The highest BCUT2D eigenvalue weighted by atomic mass is 32.2. The molecule has 4 heterocycles. The fraction of sp³-hybridized carbons (Fsp3) is 0.417. The van der Waals surface area contributed by atoms with Gasteiger partial charge in [0.1, 0.15) is 27.5 Å². The lowest BCUT2D eigenvalue weighted by Crippen LogP contribution is -2.41. The van der Waals surface area contributed by atoms with Crippen LogP contribution in [-0.4, -0.2) is 46.0 Å². The van der Waals surface area contributed by atoms with Gasteiger partial charge >= 0.3 is 0 Å². The number of aromatic nitrogens is 1. The molecule has 2 aromatic rings. The standard InChI is InChI=1S/C24H26N4O4S2/c1-3-4-7-27-21(26-8-11-31-12-9-26)18(16(2)19(14-25)22(27)29)13-20-23(30)28(24(33)34-20)15-17-6-5-10-32-17/h5-6,10,13H,3-4,7-9,11-12,15H2,1-2H3/b20-13+. The SMILES string of the molecule is CCCCn1c(N2CCOCC2)c(/C=C2/SC(=S)N(Cc3ccco3)C2=O)c(C)c(C#N)c1=O. The van der Waals surface area contributed by atoms with Crippen LogP contribution in [0.1, 0.15) is 42.2 Å². The number of nitrogens with zero attached hydrogens (tertiary/aromatic N) is 4. The molecule has 0 saturated carbocycles. The minimum absolute atomic E-state index is 0.102. The Labute approximate surface area is 207 Å². The quantitative estimate of drug-likeness (QED) is 0.422. The largest absolute Gasteiger partial charge is 0.467 e. The van der Waals surface area contributed by atoms with Gasteiger partial charge < -0.3 is 14.1 Å². The Kier molecular flexibility index (Phi) is 7.56. The number of hydrogen-bond acceptors (Lipinski definition) is 8. The molecule has 0 unspecified atom stereocenters. The zero-order chi connectivity index (χ0) is 24.2. The molecule has 2 aliphatic rings. The summed E-state index contributed by atoms with van der Waals surface area (Å²) in [6.07, 6.45) is 5.05. The van der Waals surface area contributed by atoms with Crippen LogP contribution in [0.4, 0.5) is 5.82 Å². The van der Waals surface area contributed by atoms with Crippen LogP contribution in [-0.2, 0) is 22.6 Å². The fourth-order valence-corrected chi connectivity index (χ4v) is 5.35. The van der Waals surface area contributed by atoms with E-state index in [1.165, 1.54) is 16.7 Å². The number of thiocarbonyl (C=S) groups is 1. The first-order valence-electron chi connectivity index (χ1n) is 11.2. The number of rotatable bonds is 7. The summed E-state index contributed by atoms with van der Waals surface area (Å²) in [4.78, 5) is 30.6. The minimum atomic E-state index is -0.294. The molecule has 8 nitrogen and oxygen atoms in total. The first kappa shape index (κ1) is 24.3. The summed E-state index contributed by atoms with van der Waals surface area (Å²) < 4.78 is 13.0. The molecular weight excluding hydrogens is 472 g/mol. The van der Waals surface area contributed by atoms with E-state index < -0.39 is 0 Å². The first-order valence-corrected chi connectivity index (χ1v) is 12.5. The van der Waals surface area contributed by atoms with Crippen molar-refractivity contribution in [1.29, 1.82) is 5.26 Å². The van der Waals surface area contributed by atoms with Gasteiger partial charge in [-0.05, 0) is 37.1 Å². The predicted octanol–water partition coefficient (Wildman–Crippen LogP) is 3.66. The number of hydrogen-bond donors (Lipinski definition) is 0. The Hall–Kier alpha value is -2.87. The van der Waals surface area contributed by atoms with Gasteiger partial charge in [0.2, 0.25) is 0 Å². The van der Waals surface area contributed by atoms with Crippen LogP contribution in [0, 0.1) is 18.3 Å². The highest BCUT2D eigenvalue weighted by molar-refractivity contribution is 8.26. The van der Waals surface area contributed by atoms with Gasteiger partial charge in [-0.15, -0.1) is 0 Å². The number of thioether (sulfide) groups is 1. The maximum absolute atomic E-state index is 13.3. The van der Waals surface area contributed by atoms with Gasteiger partial charge in [-0.25, -0.2) is 0 Å². The summed E-state index contributed by atoms with van der Waals surface area (Å²) in [6, 6.07) is 5.65. The molecule has 178 valence electrons. The van der Waals surface area contributed by atoms with Gasteiger partial charge in [0, 0.05) is 25.2 Å². The lowest BCUT2D eigenvalue weighted by atomic mass is 10.0. The van der Waals surface area contributed by atoms with Gasteiger partial charge in [0.25, 0.3) is 11.5 Å². The Morgan fingerprint density at radius 1 is 1.29 bits per heavy atom. The number of unbranched alkanes of at least 4 members (excludes halogenated alkanes) is 1. The Morgan fingerprint density at radius 3 is 2.71 bits per heavy atom. The van der Waals surface area contributed by atoms with E-state index in [2.05, 4.69) is 17.9 Å². The van der Waals surface area contributed by atoms with Crippen LogP contribution in [0.3, 0.4) is 0 Å². The van der Waals surface area contributed by atoms with Crippen molar-refractivity contribution < 1.29 is 13.9 Å².